The molecule has 0 aliphatic carbocycles. The van der Waals surface area contributed by atoms with Gasteiger partial charge in [-0.3, -0.25) is 0 Å². The van der Waals surface area contributed by atoms with Gasteiger partial charge in [0.2, 0.25) is 0 Å². The van der Waals surface area contributed by atoms with Gasteiger partial charge in [-0.2, -0.15) is 0 Å². The van der Waals surface area contributed by atoms with Gasteiger partial charge in [-0.15, -0.1) is 0 Å². The van der Waals surface area contributed by atoms with E-state index in [0.717, 1.165) is 32.7 Å². The average Bonchev–Trinajstić information content (AvgIpc) is 2.36. The second-order valence-electron chi connectivity index (χ2n) is 4.81. The molecule has 0 saturated heterocycles. The summed E-state index contributed by atoms with van der Waals surface area (Å²) in [6, 6.07) is 9.28. The Balaban J connectivity index is 1.85. The van der Waals surface area contributed by atoms with Gasteiger partial charge in [-0.1, -0.05) is 24.3 Å². The molecule has 1 aliphatic rings. The van der Waals surface area contributed by atoms with Crippen molar-refractivity contribution in [3.63, 3.8) is 0 Å². The zero-order chi connectivity index (χ0) is 12.1. The number of fused-ring (bicyclic) bond motifs is 1. The van der Waals surface area contributed by atoms with Gasteiger partial charge in [0.25, 0.3) is 0 Å². The number of rotatable bonds is 5. The highest BCUT2D eigenvalue weighted by atomic mass is 16.5. The SMILES string of the molecule is COCCN(C)C[C@@H]1Cc2ccccc2CN1. The predicted octanol–water partition coefficient (Wildman–Crippen LogP) is 1.28. The van der Waals surface area contributed by atoms with Crippen LogP contribution in [0.4, 0.5) is 0 Å². The summed E-state index contributed by atoms with van der Waals surface area (Å²) in [7, 11) is 3.91. The van der Waals surface area contributed by atoms with Crippen molar-refractivity contribution in [1.29, 1.82) is 0 Å². The van der Waals surface area contributed by atoms with E-state index in [0.29, 0.717) is 6.04 Å². The molecule has 2 rings (SSSR count). The van der Waals surface area contributed by atoms with E-state index in [4.69, 9.17) is 4.74 Å². The first kappa shape index (κ1) is 12.6. The Morgan fingerprint density at radius 2 is 2.12 bits per heavy atom. The van der Waals surface area contributed by atoms with E-state index in [1.54, 1.807) is 7.11 Å². The minimum Gasteiger partial charge on any atom is -0.383 e. The maximum absolute atomic E-state index is 5.10. The summed E-state index contributed by atoms with van der Waals surface area (Å²) >= 11 is 0. The van der Waals surface area contributed by atoms with Gasteiger partial charge in [0.05, 0.1) is 6.61 Å². The molecule has 0 unspecified atom stereocenters. The van der Waals surface area contributed by atoms with Crippen molar-refractivity contribution in [2.45, 2.75) is 19.0 Å². The molecule has 0 fully saturated rings. The molecular weight excluding hydrogens is 212 g/mol. The number of hydrogen-bond donors (Lipinski definition) is 1. The summed E-state index contributed by atoms with van der Waals surface area (Å²) < 4.78 is 5.10. The van der Waals surface area contributed by atoms with Crippen molar-refractivity contribution in [2.24, 2.45) is 0 Å². The van der Waals surface area contributed by atoms with E-state index in [-0.39, 0.29) is 0 Å². The fraction of sp³-hybridized carbons (Fsp3) is 0.571. The smallest absolute Gasteiger partial charge is 0.0589 e. The quantitative estimate of drug-likeness (QED) is 0.830. The lowest BCUT2D eigenvalue weighted by Crippen LogP contribution is -2.44. The number of nitrogens with zero attached hydrogens (tertiary/aromatic N) is 1. The van der Waals surface area contributed by atoms with Crippen LogP contribution < -0.4 is 5.32 Å². The molecule has 3 heteroatoms. The minimum absolute atomic E-state index is 0.562. The standard InChI is InChI=1S/C14H22N2O/c1-16(7-8-17-2)11-14-9-12-5-3-4-6-13(12)10-15-14/h3-6,14-15H,7-11H2,1-2H3/t14-/m0/s1. The van der Waals surface area contributed by atoms with Crippen LogP contribution in [0.5, 0.6) is 0 Å². The fourth-order valence-corrected chi connectivity index (χ4v) is 2.36. The van der Waals surface area contributed by atoms with Crippen LogP contribution in [0, 0.1) is 0 Å². The maximum Gasteiger partial charge on any atom is 0.0589 e. The first-order valence-corrected chi connectivity index (χ1v) is 6.27. The number of ether oxygens (including phenoxy) is 1. The lowest BCUT2D eigenvalue weighted by atomic mass is 9.96. The molecule has 1 aromatic carbocycles. The maximum atomic E-state index is 5.10. The van der Waals surface area contributed by atoms with Crippen LogP contribution in [0.15, 0.2) is 24.3 Å². The molecule has 1 atom stereocenters. The van der Waals surface area contributed by atoms with E-state index in [2.05, 4.69) is 41.5 Å². The molecule has 1 heterocycles. The van der Waals surface area contributed by atoms with Crippen LogP contribution in [0.1, 0.15) is 11.1 Å². The first-order chi connectivity index (χ1) is 8.29. The van der Waals surface area contributed by atoms with Gasteiger partial charge in [0.15, 0.2) is 0 Å². The van der Waals surface area contributed by atoms with Gasteiger partial charge in [0.1, 0.15) is 0 Å². The largest absolute Gasteiger partial charge is 0.383 e. The van der Waals surface area contributed by atoms with E-state index in [1.165, 1.54) is 11.1 Å². The molecule has 1 N–H and O–H groups in total. The van der Waals surface area contributed by atoms with E-state index in [9.17, 15) is 0 Å². The minimum atomic E-state index is 0.562. The van der Waals surface area contributed by atoms with E-state index in [1.807, 2.05) is 0 Å². The Bertz CT molecular complexity index is 354. The van der Waals surface area contributed by atoms with E-state index >= 15 is 0 Å². The summed E-state index contributed by atoms with van der Waals surface area (Å²) in [6.07, 6.45) is 1.13. The summed E-state index contributed by atoms with van der Waals surface area (Å²) in [5.74, 6) is 0. The summed E-state index contributed by atoms with van der Waals surface area (Å²) in [4.78, 5) is 2.33. The van der Waals surface area contributed by atoms with Gasteiger partial charge >= 0.3 is 0 Å². The van der Waals surface area contributed by atoms with Crippen LogP contribution in [-0.4, -0.2) is 44.8 Å². The normalized spacial score (nSPS) is 19.4. The highest BCUT2D eigenvalue weighted by Crippen LogP contribution is 2.16. The van der Waals surface area contributed by atoms with E-state index < -0.39 is 0 Å². The third-order valence-corrected chi connectivity index (χ3v) is 3.38. The highest BCUT2D eigenvalue weighted by molar-refractivity contribution is 5.29. The van der Waals surface area contributed by atoms with Crippen molar-refractivity contribution >= 4 is 0 Å². The highest BCUT2D eigenvalue weighted by Gasteiger charge is 2.18. The van der Waals surface area contributed by atoms with Gasteiger partial charge in [0, 0.05) is 32.8 Å². The Kier molecular flexibility index (Phi) is 4.54. The average molecular weight is 234 g/mol. The second-order valence-corrected chi connectivity index (χ2v) is 4.81. The molecule has 0 bridgehead atoms. The predicted molar refractivity (Wildman–Crippen MR) is 70.1 cm³/mol. The first-order valence-electron chi connectivity index (χ1n) is 6.27. The second kappa shape index (κ2) is 6.15. The van der Waals surface area contributed by atoms with Crippen molar-refractivity contribution in [1.82, 2.24) is 10.2 Å². The molecule has 3 nitrogen and oxygen atoms in total. The lowest BCUT2D eigenvalue weighted by Gasteiger charge is -2.29. The Labute approximate surface area is 104 Å². The Hall–Kier alpha value is -0.900. The van der Waals surface area contributed by atoms with Crippen molar-refractivity contribution < 1.29 is 4.74 Å². The van der Waals surface area contributed by atoms with Gasteiger partial charge in [-0.25, -0.2) is 0 Å². The number of benzene rings is 1. The molecule has 0 spiro atoms. The molecule has 17 heavy (non-hydrogen) atoms. The summed E-state index contributed by atoms with van der Waals surface area (Å²) in [5, 5.41) is 3.60. The molecule has 94 valence electrons. The number of nitrogens with one attached hydrogen (secondary N) is 1. The van der Waals surface area contributed by atoms with Gasteiger partial charge in [-0.05, 0) is 24.6 Å². The molecular formula is C14H22N2O. The summed E-state index contributed by atoms with van der Waals surface area (Å²) in [5.41, 5.74) is 2.94. The molecule has 1 aromatic rings. The van der Waals surface area contributed by atoms with Crippen LogP contribution in [0.3, 0.4) is 0 Å². The van der Waals surface area contributed by atoms with Crippen molar-refractivity contribution in [3.8, 4) is 0 Å². The zero-order valence-corrected chi connectivity index (χ0v) is 10.8. The molecule has 0 amide bonds. The molecule has 1 aliphatic heterocycles. The topological polar surface area (TPSA) is 24.5 Å². The monoisotopic (exact) mass is 234 g/mol. The third kappa shape index (κ3) is 3.53. The van der Waals surface area contributed by atoms with Crippen LogP contribution in [-0.2, 0) is 17.7 Å². The Morgan fingerprint density at radius 3 is 2.88 bits per heavy atom. The van der Waals surface area contributed by atoms with Crippen LogP contribution in [0.25, 0.3) is 0 Å². The molecule has 0 aromatic heterocycles. The summed E-state index contributed by atoms with van der Waals surface area (Å²) in [6.45, 7) is 3.88. The number of hydrogen-bond acceptors (Lipinski definition) is 3. The van der Waals surface area contributed by atoms with Crippen molar-refractivity contribution in [2.75, 3.05) is 33.9 Å². The lowest BCUT2D eigenvalue weighted by molar-refractivity contribution is 0.154. The van der Waals surface area contributed by atoms with Crippen LogP contribution in [0.2, 0.25) is 0 Å². The Morgan fingerprint density at radius 1 is 1.35 bits per heavy atom. The molecule has 0 radical (unpaired) electrons. The van der Waals surface area contributed by atoms with Crippen molar-refractivity contribution in [3.05, 3.63) is 35.4 Å². The molecule has 0 saturated carbocycles. The van der Waals surface area contributed by atoms with Gasteiger partial charge < -0.3 is 15.0 Å². The third-order valence-electron chi connectivity index (χ3n) is 3.38. The number of methoxy groups -OCH3 is 1. The number of likely N-dealkylation sites (N-methyl/N-ethyl adjacent to an activating group) is 1. The van der Waals surface area contributed by atoms with Crippen LogP contribution >= 0.6 is 0 Å². The zero-order valence-electron chi connectivity index (χ0n) is 10.8. The fourth-order valence-electron chi connectivity index (χ4n) is 2.36.